The first kappa shape index (κ1) is 28.4. The van der Waals surface area contributed by atoms with Crippen molar-refractivity contribution in [1.82, 2.24) is 0 Å². The molecule has 1 heteroatoms. The highest BCUT2D eigenvalue weighted by molar-refractivity contribution is 6.24. The van der Waals surface area contributed by atoms with Gasteiger partial charge in [-0.05, 0) is 109 Å². The van der Waals surface area contributed by atoms with Gasteiger partial charge in [-0.3, -0.25) is 0 Å². The van der Waals surface area contributed by atoms with Gasteiger partial charge in [-0.15, -0.1) is 0 Å². The molecule has 7 aromatic carbocycles. The first-order valence-electron chi connectivity index (χ1n) is 15.8. The van der Waals surface area contributed by atoms with E-state index in [9.17, 15) is 0 Å². The Balaban J connectivity index is 1.53. The molecule has 0 fully saturated rings. The van der Waals surface area contributed by atoms with Gasteiger partial charge in [0.1, 0.15) is 0 Å². The van der Waals surface area contributed by atoms with Crippen LogP contribution in [0.25, 0.3) is 71.3 Å². The Morgan fingerprint density at radius 3 is 1.71 bits per heavy atom. The van der Waals surface area contributed by atoms with E-state index < -0.39 is 0 Å². The smallest absolute Gasteiger partial charge is 0.00174 e. The third-order valence-corrected chi connectivity index (χ3v) is 8.99. The molecule has 7 aromatic rings. The third-order valence-electron chi connectivity index (χ3n) is 8.99. The number of allylic oxidation sites excluding steroid dienone is 3. The van der Waals surface area contributed by atoms with E-state index in [1.807, 2.05) is 0 Å². The molecule has 0 aliphatic rings. The van der Waals surface area contributed by atoms with Crippen molar-refractivity contribution >= 4 is 37.9 Å². The number of rotatable bonds is 6. The fourth-order valence-electron chi connectivity index (χ4n) is 6.94. The monoisotopic (exact) mass is 579 g/mol. The lowest BCUT2D eigenvalue weighted by molar-refractivity contribution is 1.22. The number of benzene rings is 7. The highest BCUT2D eigenvalue weighted by Gasteiger charge is 2.19. The van der Waals surface area contributed by atoms with Gasteiger partial charge in [0.05, 0.1) is 0 Å². The van der Waals surface area contributed by atoms with E-state index in [4.69, 9.17) is 5.73 Å². The van der Waals surface area contributed by atoms with Gasteiger partial charge < -0.3 is 5.73 Å². The maximum absolute atomic E-state index is 6.09. The molecule has 0 aromatic heterocycles. The summed E-state index contributed by atoms with van der Waals surface area (Å²) < 4.78 is 0. The first-order valence-corrected chi connectivity index (χ1v) is 15.8. The number of hydrogen-bond acceptors (Lipinski definition) is 1. The van der Waals surface area contributed by atoms with Crippen LogP contribution < -0.4 is 5.73 Å². The van der Waals surface area contributed by atoms with Crippen molar-refractivity contribution in [1.29, 1.82) is 0 Å². The van der Waals surface area contributed by atoms with Crippen LogP contribution in [0.4, 0.5) is 0 Å². The van der Waals surface area contributed by atoms with Crippen molar-refractivity contribution in [3.8, 4) is 33.4 Å². The summed E-state index contributed by atoms with van der Waals surface area (Å²) in [4.78, 5) is 0. The second kappa shape index (κ2) is 11.9. The normalized spacial score (nSPS) is 12.1. The zero-order chi connectivity index (χ0) is 30.9. The Hall–Kier alpha value is -5.40. The number of nitrogens with two attached hydrogens (primary N) is 1. The van der Waals surface area contributed by atoms with Gasteiger partial charge in [-0.25, -0.2) is 0 Å². The average Bonchev–Trinajstić information content (AvgIpc) is 3.07. The summed E-state index contributed by atoms with van der Waals surface area (Å²) in [6.45, 7) is 6.51. The highest BCUT2D eigenvalue weighted by atomic mass is 14.5. The second-order valence-electron chi connectivity index (χ2n) is 11.9. The second-order valence-corrected chi connectivity index (χ2v) is 11.9. The molecule has 0 aliphatic heterocycles. The largest absolute Gasteiger partial charge is 0.404 e. The minimum absolute atomic E-state index is 0.966. The summed E-state index contributed by atoms with van der Waals surface area (Å²) in [7, 11) is 0. The van der Waals surface area contributed by atoms with Crippen LogP contribution >= 0.6 is 0 Å². The summed E-state index contributed by atoms with van der Waals surface area (Å²) in [6, 6.07) is 46.8. The highest BCUT2D eigenvalue weighted by Crippen LogP contribution is 2.46. The standard InChI is InChI=1S/C44H37N/c1-4-5-13-33(28-45)31-14-12-15-32(27-31)43-38-18-8-10-20-40(38)44(41-21-11-9-19-39(41)43)42-25-24-37(35-16-6-7-17-36(35)42)34-23-22-29(2)26-30(34)3/h5-28H,4,45H2,1-3H3/b13-5-,33-28+. The zero-order valence-electron chi connectivity index (χ0n) is 26.1. The van der Waals surface area contributed by atoms with E-state index in [0.717, 1.165) is 17.6 Å². The molecule has 0 radical (unpaired) electrons. The Kier molecular flexibility index (Phi) is 7.53. The van der Waals surface area contributed by atoms with E-state index in [1.165, 1.54) is 76.8 Å². The molecular weight excluding hydrogens is 542 g/mol. The van der Waals surface area contributed by atoms with Gasteiger partial charge in [0.25, 0.3) is 0 Å². The third kappa shape index (κ3) is 5.01. The molecule has 0 aliphatic carbocycles. The van der Waals surface area contributed by atoms with Crippen LogP contribution in [0.3, 0.4) is 0 Å². The summed E-state index contributed by atoms with van der Waals surface area (Å²) in [5, 5.41) is 7.53. The van der Waals surface area contributed by atoms with Crippen molar-refractivity contribution in [2.45, 2.75) is 27.2 Å². The SMILES string of the molecule is CC/C=C\C(=C/N)c1cccc(-c2c3ccccc3c(-c3ccc(-c4ccc(C)cc4C)c4ccccc34)c3ccccc23)c1. The average molecular weight is 580 g/mol. The van der Waals surface area contributed by atoms with Crippen molar-refractivity contribution in [2.24, 2.45) is 5.73 Å². The van der Waals surface area contributed by atoms with Gasteiger partial charge in [0.15, 0.2) is 0 Å². The molecule has 0 saturated heterocycles. The number of fused-ring (bicyclic) bond motifs is 3. The fraction of sp³-hybridized carbons (Fsp3) is 0.0909. The summed E-state index contributed by atoms with van der Waals surface area (Å²) >= 11 is 0. The fourth-order valence-corrected chi connectivity index (χ4v) is 6.94. The molecule has 7 rings (SSSR count). The van der Waals surface area contributed by atoms with Crippen molar-refractivity contribution in [3.63, 3.8) is 0 Å². The Labute approximate surface area is 266 Å². The van der Waals surface area contributed by atoms with Crippen LogP contribution in [0.2, 0.25) is 0 Å². The zero-order valence-corrected chi connectivity index (χ0v) is 26.1. The van der Waals surface area contributed by atoms with Crippen LogP contribution in [0, 0.1) is 13.8 Å². The molecular formula is C44H37N. The minimum atomic E-state index is 0.966. The first-order chi connectivity index (χ1) is 22.1. The van der Waals surface area contributed by atoms with Gasteiger partial charge in [0.2, 0.25) is 0 Å². The van der Waals surface area contributed by atoms with Crippen LogP contribution in [0.15, 0.2) is 146 Å². The molecule has 0 atom stereocenters. The quantitative estimate of drug-likeness (QED) is 0.154. The van der Waals surface area contributed by atoms with Gasteiger partial charge in [-0.2, -0.15) is 0 Å². The molecule has 45 heavy (non-hydrogen) atoms. The lowest BCUT2D eigenvalue weighted by atomic mass is 9.83. The summed E-state index contributed by atoms with van der Waals surface area (Å²) in [5.74, 6) is 0. The van der Waals surface area contributed by atoms with Crippen LogP contribution in [0.1, 0.15) is 30.0 Å². The van der Waals surface area contributed by atoms with Gasteiger partial charge in [0, 0.05) is 6.20 Å². The van der Waals surface area contributed by atoms with Crippen molar-refractivity contribution < 1.29 is 0 Å². The summed E-state index contributed by atoms with van der Waals surface area (Å²) in [5.41, 5.74) is 18.3. The lowest BCUT2D eigenvalue weighted by Crippen LogP contribution is -1.94. The molecule has 0 spiro atoms. The molecule has 218 valence electrons. The Bertz CT molecular complexity index is 2230. The van der Waals surface area contributed by atoms with Crippen LogP contribution in [0.5, 0.6) is 0 Å². The van der Waals surface area contributed by atoms with Crippen molar-refractivity contribution in [3.05, 3.63) is 162 Å². The van der Waals surface area contributed by atoms with Gasteiger partial charge in [-0.1, -0.05) is 146 Å². The van der Waals surface area contributed by atoms with E-state index in [1.54, 1.807) is 6.20 Å². The maximum Gasteiger partial charge on any atom is 0.00174 e. The number of aryl methyl sites for hydroxylation is 2. The predicted octanol–water partition coefficient (Wildman–Crippen LogP) is 12.0. The minimum Gasteiger partial charge on any atom is -0.404 e. The van der Waals surface area contributed by atoms with Crippen molar-refractivity contribution in [2.75, 3.05) is 0 Å². The Morgan fingerprint density at radius 2 is 1.11 bits per heavy atom. The molecule has 0 saturated carbocycles. The molecule has 0 unspecified atom stereocenters. The van der Waals surface area contributed by atoms with E-state index in [-0.39, 0.29) is 0 Å². The molecule has 2 N–H and O–H groups in total. The predicted molar refractivity (Wildman–Crippen MR) is 196 cm³/mol. The van der Waals surface area contributed by atoms with E-state index >= 15 is 0 Å². The van der Waals surface area contributed by atoms with Crippen LogP contribution in [-0.4, -0.2) is 0 Å². The maximum atomic E-state index is 6.09. The van der Waals surface area contributed by atoms with E-state index in [2.05, 4.69) is 160 Å². The topological polar surface area (TPSA) is 26.0 Å². The van der Waals surface area contributed by atoms with Crippen LogP contribution in [-0.2, 0) is 0 Å². The number of hydrogen-bond donors (Lipinski definition) is 1. The molecule has 0 heterocycles. The molecule has 0 bridgehead atoms. The lowest BCUT2D eigenvalue weighted by Gasteiger charge is -2.20. The molecule has 1 nitrogen and oxygen atoms in total. The van der Waals surface area contributed by atoms with E-state index in [0.29, 0.717) is 0 Å². The molecule has 0 amide bonds. The van der Waals surface area contributed by atoms with Gasteiger partial charge >= 0.3 is 0 Å². The Morgan fingerprint density at radius 1 is 0.556 bits per heavy atom. The summed E-state index contributed by atoms with van der Waals surface area (Å²) in [6.07, 6.45) is 6.94.